The van der Waals surface area contributed by atoms with Crippen LogP contribution in [-0.2, 0) is 32.9 Å². The smallest absolute Gasteiger partial charge is 0.242 e. The molecule has 0 aromatic rings. The normalized spacial score (nSPS) is 19.9. The van der Waals surface area contributed by atoms with E-state index in [0.717, 1.165) is 25.7 Å². The second kappa shape index (κ2) is 10.5. The standard InChI is InChI=1S/C14H22NO3S.V/c1-3-11(2)19-12-10-13(17)15(14(12)18)8-6-4-5-7-9-16;/h11-12H,3-8,10H2,1-2H3;/q-1;. The summed E-state index contributed by atoms with van der Waals surface area (Å²) in [6.45, 7) is 4.66. The first-order valence-corrected chi connectivity index (χ1v) is 7.89. The maximum absolute atomic E-state index is 12.1. The number of imide groups is 1. The first-order chi connectivity index (χ1) is 9.10. The topological polar surface area (TPSA) is 54.5 Å². The van der Waals surface area contributed by atoms with Gasteiger partial charge >= 0.3 is 0 Å². The average molecular weight is 335 g/mol. The number of thioether (sulfide) groups is 1. The molecule has 1 heterocycles. The SMILES string of the molecule is CCC(C)SC1CC(=O)N(CCCCC[C-]=O)C1=O.[V]. The van der Waals surface area contributed by atoms with Crippen molar-refractivity contribution in [2.45, 2.75) is 62.9 Å². The molecular weight excluding hydrogens is 313 g/mol. The van der Waals surface area contributed by atoms with Crippen LogP contribution in [0.3, 0.4) is 0 Å². The number of hydrogen-bond acceptors (Lipinski definition) is 4. The van der Waals surface area contributed by atoms with Crippen molar-refractivity contribution in [1.82, 2.24) is 4.90 Å². The summed E-state index contributed by atoms with van der Waals surface area (Å²) < 4.78 is 0. The average Bonchev–Trinajstić information content (AvgIpc) is 2.65. The summed E-state index contributed by atoms with van der Waals surface area (Å²) in [4.78, 5) is 35.4. The Kier molecular flexibility index (Phi) is 10.3. The van der Waals surface area contributed by atoms with Crippen LogP contribution < -0.4 is 0 Å². The van der Waals surface area contributed by atoms with Crippen molar-refractivity contribution < 1.29 is 32.9 Å². The Morgan fingerprint density at radius 2 is 2.05 bits per heavy atom. The van der Waals surface area contributed by atoms with E-state index in [4.69, 9.17) is 0 Å². The Morgan fingerprint density at radius 1 is 1.35 bits per heavy atom. The monoisotopic (exact) mass is 335 g/mol. The molecule has 0 aromatic carbocycles. The summed E-state index contributed by atoms with van der Waals surface area (Å²) >= 11 is 1.61. The zero-order chi connectivity index (χ0) is 14.3. The van der Waals surface area contributed by atoms with Gasteiger partial charge in [0.1, 0.15) is 0 Å². The van der Waals surface area contributed by atoms with Crippen LogP contribution in [0.2, 0.25) is 0 Å². The first kappa shape index (κ1) is 19.7. The van der Waals surface area contributed by atoms with Gasteiger partial charge in [0.25, 0.3) is 0 Å². The van der Waals surface area contributed by atoms with Crippen LogP contribution in [0.1, 0.15) is 52.4 Å². The number of nitrogens with zero attached hydrogens (tertiary/aromatic N) is 1. The Balaban J connectivity index is 0.00000361. The van der Waals surface area contributed by atoms with Crippen molar-refractivity contribution >= 4 is 29.9 Å². The molecule has 0 aliphatic carbocycles. The van der Waals surface area contributed by atoms with Gasteiger partial charge in [-0.25, -0.2) is 0 Å². The van der Waals surface area contributed by atoms with E-state index in [2.05, 4.69) is 13.8 Å². The van der Waals surface area contributed by atoms with Crippen molar-refractivity contribution in [3.8, 4) is 0 Å². The van der Waals surface area contributed by atoms with Crippen LogP contribution in [0, 0.1) is 0 Å². The second-order valence-electron chi connectivity index (χ2n) is 4.89. The zero-order valence-electron chi connectivity index (χ0n) is 12.1. The molecule has 1 rings (SSSR count). The second-order valence-corrected chi connectivity index (χ2v) is 6.53. The van der Waals surface area contributed by atoms with Crippen LogP contribution >= 0.6 is 11.8 Å². The molecule has 0 saturated carbocycles. The number of amides is 2. The van der Waals surface area contributed by atoms with Crippen LogP contribution in [0.5, 0.6) is 0 Å². The molecule has 113 valence electrons. The number of carbonyl (C=O) groups excluding carboxylic acids is 3. The van der Waals surface area contributed by atoms with E-state index in [1.807, 2.05) is 6.29 Å². The number of hydrogen-bond donors (Lipinski definition) is 0. The van der Waals surface area contributed by atoms with Gasteiger partial charge in [-0.05, 0) is 12.8 Å². The van der Waals surface area contributed by atoms with Gasteiger partial charge in [-0.3, -0.25) is 20.8 Å². The third-order valence-corrected chi connectivity index (χ3v) is 4.83. The Morgan fingerprint density at radius 3 is 2.65 bits per heavy atom. The number of likely N-dealkylation sites (tertiary alicyclic amines) is 1. The first-order valence-electron chi connectivity index (χ1n) is 6.94. The minimum Gasteiger partial charge on any atom is -0.542 e. The van der Waals surface area contributed by atoms with Crippen molar-refractivity contribution in [1.29, 1.82) is 0 Å². The van der Waals surface area contributed by atoms with Crippen LogP contribution in [0.15, 0.2) is 0 Å². The molecule has 0 spiro atoms. The maximum Gasteiger partial charge on any atom is 0.242 e. The van der Waals surface area contributed by atoms with Gasteiger partial charge in [0.15, 0.2) is 0 Å². The molecular formula is C14H22NO3SV-. The molecule has 1 saturated heterocycles. The number of unbranched alkanes of at least 4 members (excludes halogenated alkanes) is 3. The van der Waals surface area contributed by atoms with E-state index >= 15 is 0 Å². The minimum absolute atomic E-state index is 0. The Labute approximate surface area is 137 Å². The molecule has 0 bridgehead atoms. The molecule has 20 heavy (non-hydrogen) atoms. The fraction of sp³-hybridized carbons (Fsp3) is 0.786. The summed E-state index contributed by atoms with van der Waals surface area (Å²) in [5, 5.41) is 0.218. The quantitative estimate of drug-likeness (QED) is 0.369. The predicted octanol–water partition coefficient (Wildman–Crippen LogP) is 2.31. The third kappa shape index (κ3) is 6.02. The van der Waals surface area contributed by atoms with Gasteiger partial charge in [0.05, 0.1) is 5.25 Å². The van der Waals surface area contributed by atoms with Gasteiger partial charge in [0, 0.05) is 36.8 Å². The summed E-state index contributed by atoms with van der Waals surface area (Å²) in [5.41, 5.74) is 0. The minimum atomic E-state index is -0.189. The molecule has 1 fully saturated rings. The zero-order valence-corrected chi connectivity index (χ0v) is 14.3. The van der Waals surface area contributed by atoms with Gasteiger partial charge in [-0.15, -0.1) is 11.8 Å². The molecule has 2 amide bonds. The fourth-order valence-corrected chi connectivity index (χ4v) is 3.25. The fourth-order valence-electron chi connectivity index (χ4n) is 2.01. The van der Waals surface area contributed by atoms with E-state index in [1.54, 1.807) is 11.8 Å². The number of rotatable bonds is 9. The van der Waals surface area contributed by atoms with E-state index in [0.29, 0.717) is 24.6 Å². The summed E-state index contributed by atoms with van der Waals surface area (Å²) in [6.07, 6.45) is 6.05. The van der Waals surface area contributed by atoms with Crippen LogP contribution in [0.4, 0.5) is 0 Å². The summed E-state index contributed by atoms with van der Waals surface area (Å²) in [6, 6.07) is 0. The van der Waals surface area contributed by atoms with Crippen molar-refractivity contribution in [3.63, 3.8) is 0 Å². The van der Waals surface area contributed by atoms with Crippen molar-refractivity contribution in [3.05, 3.63) is 0 Å². The van der Waals surface area contributed by atoms with Gasteiger partial charge in [0.2, 0.25) is 11.8 Å². The Hall–Kier alpha value is -0.256. The van der Waals surface area contributed by atoms with Crippen molar-refractivity contribution in [2.75, 3.05) is 6.54 Å². The van der Waals surface area contributed by atoms with Crippen LogP contribution in [0.25, 0.3) is 0 Å². The molecule has 0 aromatic heterocycles. The van der Waals surface area contributed by atoms with E-state index < -0.39 is 0 Å². The third-order valence-electron chi connectivity index (χ3n) is 3.33. The molecule has 1 aliphatic heterocycles. The maximum atomic E-state index is 12.1. The number of carbonyl (C=O) groups is 2. The Bertz CT molecular complexity index is 338. The van der Waals surface area contributed by atoms with Gasteiger partial charge < -0.3 is 4.79 Å². The molecule has 0 N–H and O–H groups in total. The van der Waals surface area contributed by atoms with E-state index in [1.165, 1.54) is 4.90 Å². The van der Waals surface area contributed by atoms with Gasteiger partial charge in [-0.2, -0.15) is 6.42 Å². The molecule has 2 atom stereocenters. The largest absolute Gasteiger partial charge is 0.542 e. The molecule has 1 aliphatic rings. The van der Waals surface area contributed by atoms with Crippen LogP contribution in [-0.4, -0.2) is 40.0 Å². The molecule has 6 heteroatoms. The van der Waals surface area contributed by atoms with Crippen molar-refractivity contribution in [2.24, 2.45) is 0 Å². The van der Waals surface area contributed by atoms with E-state index in [9.17, 15) is 14.4 Å². The summed E-state index contributed by atoms with van der Waals surface area (Å²) in [5.74, 6) is -0.0787. The molecule has 2 unspecified atom stereocenters. The molecule has 4 nitrogen and oxygen atoms in total. The van der Waals surface area contributed by atoms with Gasteiger partial charge in [-0.1, -0.05) is 26.7 Å². The van der Waals surface area contributed by atoms with E-state index in [-0.39, 0.29) is 35.6 Å². The predicted molar refractivity (Wildman–Crippen MR) is 76.6 cm³/mol. The summed E-state index contributed by atoms with van der Waals surface area (Å²) in [7, 11) is 0. The molecule has 1 radical (unpaired) electrons.